The molecule has 0 N–H and O–H groups in total. The predicted octanol–water partition coefficient (Wildman–Crippen LogP) is 5.43. The monoisotopic (exact) mass is 328 g/mol. The van der Waals surface area contributed by atoms with Gasteiger partial charge in [-0.25, -0.2) is 0 Å². The zero-order chi connectivity index (χ0) is 18.0. The Hall–Kier alpha value is -0.330. The van der Waals surface area contributed by atoms with Gasteiger partial charge in [0.25, 0.3) is 0 Å². The van der Waals surface area contributed by atoms with Crippen molar-refractivity contribution in [1.29, 1.82) is 0 Å². The van der Waals surface area contributed by atoms with Crippen LogP contribution in [-0.2, 0) is 14.2 Å². The first-order valence-corrected chi connectivity index (χ1v) is 7.50. The van der Waals surface area contributed by atoms with Crippen molar-refractivity contribution in [3.05, 3.63) is 0 Å². The van der Waals surface area contributed by atoms with E-state index in [0.29, 0.717) is 0 Å². The Bertz CT molecular complexity index is 351. The van der Waals surface area contributed by atoms with Gasteiger partial charge in [0.2, 0.25) is 0 Å². The zero-order valence-corrected chi connectivity index (χ0v) is 15.3. The molecule has 0 aliphatic rings. The molecule has 0 aromatic carbocycles. The van der Waals surface area contributed by atoms with Crippen molar-refractivity contribution in [2.45, 2.75) is 104 Å². The third-order valence-corrected chi connectivity index (χ3v) is 2.40. The van der Waals surface area contributed by atoms with E-state index in [1.165, 1.54) is 6.92 Å². The van der Waals surface area contributed by atoms with Crippen molar-refractivity contribution >= 4 is 0 Å². The average molecular weight is 328 g/mol. The lowest BCUT2D eigenvalue weighted by Gasteiger charge is -2.43. The molecule has 0 saturated heterocycles. The van der Waals surface area contributed by atoms with E-state index in [1.807, 2.05) is 20.8 Å². The molecule has 134 valence electrons. The van der Waals surface area contributed by atoms with Crippen LogP contribution in [0.1, 0.15) is 75.2 Å². The molecular weight excluding hydrogens is 297 g/mol. The van der Waals surface area contributed by atoms with Crippen molar-refractivity contribution in [3.63, 3.8) is 0 Å². The van der Waals surface area contributed by atoms with E-state index in [9.17, 15) is 13.2 Å². The van der Waals surface area contributed by atoms with Gasteiger partial charge in [-0.05, 0) is 62.3 Å². The second kappa shape index (κ2) is 6.65. The number of rotatable bonds is 6. The summed E-state index contributed by atoms with van der Waals surface area (Å²) in [4.78, 5) is 0. The quantitative estimate of drug-likeness (QED) is 0.609. The molecule has 0 bridgehead atoms. The minimum Gasteiger partial charge on any atom is -0.345 e. The maximum Gasteiger partial charge on any atom is 0.389 e. The van der Waals surface area contributed by atoms with E-state index in [4.69, 9.17) is 14.2 Å². The SMILES string of the molecule is CC(C)(C)OC(C)(C)OC(C)(CCC(F)(F)F)OC(C)(C)C. The fraction of sp³-hybridized carbons (Fsp3) is 1.00. The van der Waals surface area contributed by atoms with Gasteiger partial charge in [-0.2, -0.15) is 13.2 Å². The van der Waals surface area contributed by atoms with Crippen LogP contribution in [0.25, 0.3) is 0 Å². The molecule has 1 unspecified atom stereocenters. The van der Waals surface area contributed by atoms with Crippen molar-refractivity contribution in [1.82, 2.24) is 0 Å². The van der Waals surface area contributed by atoms with E-state index in [-0.39, 0.29) is 6.42 Å². The summed E-state index contributed by atoms with van der Waals surface area (Å²) in [5.74, 6) is -2.48. The maximum absolute atomic E-state index is 12.6. The number of hydrogen-bond acceptors (Lipinski definition) is 3. The summed E-state index contributed by atoms with van der Waals surface area (Å²) in [5, 5.41) is 0. The Morgan fingerprint density at radius 2 is 1.00 bits per heavy atom. The second-order valence-corrected chi connectivity index (χ2v) is 8.18. The summed E-state index contributed by atoms with van der Waals surface area (Å²) in [6.07, 6.45) is -5.54. The van der Waals surface area contributed by atoms with Crippen molar-refractivity contribution in [2.24, 2.45) is 0 Å². The summed E-state index contributed by atoms with van der Waals surface area (Å²) < 4.78 is 55.1. The van der Waals surface area contributed by atoms with Gasteiger partial charge in [-0.3, -0.25) is 0 Å². The molecule has 0 fully saturated rings. The molecule has 0 radical (unpaired) electrons. The molecule has 22 heavy (non-hydrogen) atoms. The van der Waals surface area contributed by atoms with Gasteiger partial charge in [0.1, 0.15) is 0 Å². The molecule has 0 rings (SSSR count). The van der Waals surface area contributed by atoms with E-state index < -0.39 is 35.4 Å². The molecule has 6 heteroatoms. The Kier molecular flexibility index (Phi) is 6.55. The lowest BCUT2D eigenvalue weighted by atomic mass is 10.1. The summed E-state index contributed by atoms with van der Waals surface area (Å²) in [6, 6.07) is 0. The molecular formula is C16H31F3O3. The summed E-state index contributed by atoms with van der Waals surface area (Å²) >= 11 is 0. The fourth-order valence-corrected chi connectivity index (χ4v) is 2.42. The Balaban J connectivity index is 5.15. The average Bonchev–Trinajstić information content (AvgIpc) is 2.04. The Labute approximate surface area is 132 Å². The standard InChI is InChI=1S/C16H31F3O3/c1-12(2,3)20-14(7,8)22-15(9,21-13(4,5)6)10-11-16(17,18)19/h10-11H2,1-9H3. The maximum atomic E-state index is 12.6. The summed E-state index contributed by atoms with van der Waals surface area (Å²) in [6.45, 7) is 15.8. The van der Waals surface area contributed by atoms with Crippen LogP contribution >= 0.6 is 0 Å². The van der Waals surface area contributed by atoms with Gasteiger partial charge in [0.05, 0.1) is 11.2 Å². The van der Waals surface area contributed by atoms with E-state index in [0.717, 1.165) is 0 Å². The number of ether oxygens (including phenoxy) is 3. The highest BCUT2D eigenvalue weighted by Crippen LogP contribution is 2.36. The highest BCUT2D eigenvalue weighted by molar-refractivity contribution is 4.76. The number of alkyl halides is 3. The molecule has 0 aliphatic carbocycles. The molecule has 0 heterocycles. The smallest absolute Gasteiger partial charge is 0.345 e. The topological polar surface area (TPSA) is 27.7 Å². The molecule has 0 aromatic rings. The van der Waals surface area contributed by atoms with Crippen LogP contribution in [0.2, 0.25) is 0 Å². The molecule has 0 amide bonds. The molecule has 0 aliphatic heterocycles. The number of halogens is 3. The largest absolute Gasteiger partial charge is 0.389 e. The van der Waals surface area contributed by atoms with Crippen LogP contribution in [-0.4, -0.2) is 29.0 Å². The minimum atomic E-state index is -4.26. The molecule has 0 spiro atoms. The first-order chi connectivity index (χ1) is 9.33. The Morgan fingerprint density at radius 1 is 0.591 bits per heavy atom. The Morgan fingerprint density at radius 3 is 1.32 bits per heavy atom. The first kappa shape index (κ1) is 21.7. The van der Waals surface area contributed by atoms with E-state index in [2.05, 4.69) is 0 Å². The van der Waals surface area contributed by atoms with Crippen LogP contribution < -0.4 is 0 Å². The number of hydrogen-bond donors (Lipinski definition) is 0. The second-order valence-electron chi connectivity index (χ2n) is 8.18. The molecule has 1 atom stereocenters. The van der Waals surface area contributed by atoms with E-state index in [1.54, 1.807) is 34.6 Å². The van der Waals surface area contributed by atoms with Gasteiger partial charge in [-0.1, -0.05) is 0 Å². The highest BCUT2D eigenvalue weighted by atomic mass is 19.4. The fourth-order valence-electron chi connectivity index (χ4n) is 2.42. The molecule has 3 nitrogen and oxygen atoms in total. The summed E-state index contributed by atoms with van der Waals surface area (Å²) in [7, 11) is 0. The van der Waals surface area contributed by atoms with Crippen molar-refractivity contribution in [2.75, 3.05) is 0 Å². The van der Waals surface area contributed by atoms with Crippen LogP contribution in [0.5, 0.6) is 0 Å². The molecule has 0 aromatic heterocycles. The zero-order valence-electron chi connectivity index (χ0n) is 15.3. The normalized spacial score (nSPS) is 17.5. The highest BCUT2D eigenvalue weighted by Gasteiger charge is 2.42. The third-order valence-electron chi connectivity index (χ3n) is 2.40. The van der Waals surface area contributed by atoms with E-state index >= 15 is 0 Å². The lowest BCUT2D eigenvalue weighted by Crippen LogP contribution is -2.49. The van der Waals surface area contributed by atoms with Crippen LogP contribution in [0, 0.1) is 0 Å². The van der Waals surface area contributed by atoms with Gasteiger partial charge in [0.15, 0.2) is 11.6 Å². The van der Waals surface area contributed by atoms with Crippen molar-refractivity contribution in [3.8, 4) is 0 Å². The third kappa shape index (κ3) is 11.3. The summed E-state index contributed by atoms with van der Waals surface area (Å²) in [5.41, 5.74) is -1.13. The minimum absolute atomic E-state index is 0.301. The first-order valence-electron chi connectivity index (χ1n) is 7.50. The van der Waals surface area contributed by atoms with Gasteiger partial charge >= 0.3 is 6.18 Å². The van der Waals surface area contributed by atoms with Crippen LogP contribution in [0.15, 0.2) is 0 Å². The van der Waals surface area contributed by atoms with Crippen LogP contribution in [0.4, 0.5) is 13.2 Å². The van der Waals surface area contributed by atoms with Gasteiger partial charge in [0, 0.05) is 12.8 Å². The van der Waals surface area contributed by atoms with Gasteiger partial charge < -0.3 is 14.2 Å². The van der Waals surface area contributed by atoms with Crippen LogP contribution in [0.3, 0.4) is 0 Å². The van der Waals surface area contributed by atoms with Crippen molar-refractivity contribution < 1.29 is 27.4 Å². The lowest BCUT2D eigenvalue weighted by molar-refractivity contribution is -0.379. The molecule has 0 saturated carbocycles. The van der Waals surface area contributed by atoms with Gasteiger partial charge in [-0.15, -0.1) is 0 Å². The predicted molar refractivity (Wildman–Crippen MR) is 80.5 cm³/mol.